The summed E-state index contributed by atoms with van der Waals surface area (Å²) in [5, 5.41) is 1.46. The Morgan fingerprint density at radius 2 is 1.71 bits per heavy atom. The molecule has 2 saturated heterocycles. The van der Waals surface area contributed by atoms with Gasteiger partial charge in [0.05, 0.1) is 10.5 Å². The minimum absolute atomic E-state index is 0.0406. The molecule has 2 aromatic heterocycles. The van der Waals surface area contributed by atoms with Crippen LogP contribution in [0.4, 0.5) is 13.2 Å². The van der Waals surface area contributed by atoms with Gasteiger partial charge in [0.15, 0.2) is 0 Å². The summed E-state index contributed by atoms with van der Waals surface area (Å²) >= 11 is 5.92. The monoisotopic (exact) mass is 491 g/mol. The van der Waals surface area contributed by atoms with Crippen molar-refractivity contribution in [1.29, 1.82) is 0 Å². The highest BCUT2D eigenvalue weighted by Gasteiger charge is 2.44. The standard InChI is InChI=1S/C23H21ClF3N5O2/c24-17-2-4-20(28-12-17)32-6-5-15-11-16(1-3-19(15)32)21(33)31-13-18(14-31)29-7-9-30(10-8-29)22(34)23(25,26)27/h1-6,11-12,18H,7-10,13-14H2. The number of carbonyl (C=O) groups excluding carboxylic acids is 2. The molecule has 3 aromatic rings. The molecule has 0 unspecified atom stereocenters. The lowest BCUT2D eigenvalue weighted by Crippen LogP contribution is -2.65. The number of nitrogens with zero attached hydrogens (tertiary/aromatic N) is 5. The Hall–Kier alpha value is -3.11. The summed E-state index contributed by atoms with van der Waals surface area (Å²) in [6.07, 6.45) is -1.37. The maximum Gasteiger partial charge on any atom is 0.471 e. The van der Waals surface area contributed by atoms with Gasteiger partial charge in [0.1, 0.15) is 5.82 Å². The van der Waals surface area contributed by atoms with Gasteiger partial charge >= 0.3 is 12.1 Å². The number of pyridine rings is 1. The quantitative estimate of drug-likeness (QED) is 0.564. The van der Waals surface area contributed by atoms with Crippen LogP contribution in [0.2, 0.25) is 5.02 Å². The van der Waals surface area contributed by atoms with Crippen LogP contribution in [0.5, 0.6) is 0 Å². The third-order valence-corrected chi connectivity index (χ3v) is 6.63. The van der Waals surface area contributed by atoms with Crippen LogP contribution in [0.15, 0.2) is 48.8 Å². The number of amides is 2. The van der Waals surface area contributed by atoms with Gasteiger partial charge in [-0.3, -0.25) is 14.5 Å². The lowest BCUT2D eigenvalue weighted by atomic mass is 10.0. The first-order valence-corrected chi connectivity index (χ1v) is 11.2. The first kappa shape index (κ1) is 22.7. The molecular weight excluding hydrogens is 471 g/mol. The fourth-order valence-corrected chi connectivity index (χ4v) is 4.60. The molecule has 0 bridgehead atoms. The smallest absolute Gasteiger partial charge is 0.335 e. The van der Waals surface area contributed by atoms with E-state index in [4.69, 9.17) is 11.6 Å². The zero-order valence-electron chi connectivity index (χ0n) is 18.0. The molecule has 2 fully saturated rings. The van der Waals surface area contributed by atoms with Gasteiger partial charge in [0.25, 0.3) is 5.91 Å². The molecule has 0 spiro atoms. The zero-order chi connectivity index (χ0) is 24.0. The maximum atomic E-state index is 13.0. The number of fused-ring (bicyclic) bond motifs is 1. The molecule has 5 rings (SSSR count). The van der Waals surface area contributed by atoms with Crippen LogP contribution >= 0.6 is 11.6 Å². The second-order valence-electron chi connectivity index (χ2n) is 8.48. The molecular formula is C23H21ClF3N5O2. The summed E-state index contributed by atoms with van der Waals surface area (Å²) in [6.45, 7) is 1.84. The molecule has 4 heterocycles. The number of rotatable bonds is 3. The van der Waals surface area contributed by atoms with Gasteiger partial charge in [-0.2, -0.15) is 13.2 Å². The Morgan fingerprint density at radius 1 is 0.971 bits per heavy atom. The minimum atomic E-state index is -4.84. The van der Waals surface area contributed by atoms with Gasteiger partial charge in [0.2, 0.25) is 0 Å². The SMILES string of the molecule is O=C(c1ccc2c(ccn2-c2ccc(Cl)cn2)c1)N1CC(N2CCN(C(=O)C(F)(F)F)CC2)C1. The number of hydrogen-bond acceptors (Lipinski definition) is 4. The van der Waals surface area contributed by atoms with Crippen molar-refractivity contribution < 1.29 is 22.8 Å². The average Bonchev–Trinajstić information content (AvgIpc) is 3.21. The van der Waals surface area contributed by atoms with Crippen molar-refractivity contribution in [2.45, 2.75) is 12.2 Å². The molecule has 7 nitrogen and oxygen atoms in total. The van der Waals surface area contributed by atoms with Gasteiger partial charge in [0, 0.05) is 68.7 Å². The van der Waals surface area contributed by atoms with E-state index in [9.17, 15) is 22.8 Å². The third-order valence-electron chi connectivity index (χ3n) is 6.41. The number of carbonyl (C=O) groups is 2. The highest BCUT2D eigenvalue weighted by molar-refractivity contribution is 6.30. The van der Waals surface area contributed by atoms with Crippen molar-refractivity contribution in [2.75, 3.05) is 39.3 Å². The molecule has 0 saturated carbocycles. The van der Waals surface area contributed by atoms with Crippen molar-refractivity contribution in [3.63, 3.8) is 0 Å². The average molecular weight is 492 g/mol. The highest BCUT2D eigenvalue weighted by atomic mass is 35.5. The lowest BCUT2D eigenvalue weighted by molar-refractivity contribution is -0.187. The summed E-state index contributed by atoms with van der Waals surface area (Å²) in [5.41, 5.74) is 1.49. The summed E-state index contributed by atoms with van der Waals surface area (Å²) in [6, 6.07) is 11.1. The van der Waals surface area contributed by atoms with Crippen LogP contribution in [0, 0.1) is 0 Å². The first-order valence-electron chi connectivity index (χ1n) is 10.8. The fraction of sp³-hybridized carbons (Fsp3) is 0.348. The predicted octanol–water partition coefficient (Wildman–Crippen LogP) is 3.21. The number of benzene rings is 1. The highest BCUT2D eigenvalue weighted by Crippen LogP contribution is 2.25. The topological polar surface area (TPSA) is 61.7 Å². The number of alkyl halides is 3. The van der Waals surface area contributed by atoms with Crippen LogP contribution in [-0.4, -0.2) is 87.6 Å². The fourth-order valence-electron chi connectivity index (χ4n) is 4.49. The van der Waals surface area contributed by atoms with Gasteiger partial charge in [-0.05, 0) is 36.4 Å². The van der Waals surface area contributed by atoms with E-state index in [2.05, 4.69) is 4.98 Å². The molecule has 0 radical (unpaired) electrons. The van der Waals surface area contributed by atoms with Gasteiger partial charge < -0.3 is 14.4 Å². The molecule has 2 amide bonds. The molecule has 0 atom stereocenters. The summed E-state index contributed by atoms with van der Waals surface area (Å²) in [5.74, 6) is -1.14. The van der Waals surface area contributed by atoms with E-state index in [1.807, 2.05) is 39.9 Å². The Morgan fingerprint density at radius 3 is 2.35 bits per heavy atom. The van der Waals surface area contributed by atoms with Crippen LogP contribution < -0.4 is 0 Å². The molecule has 0 aliphatic carbocycles. The third kappa shape index (κ3) is 4.23. The molecule has 2 aliphatic heterocycles. The largest absolute Gasteiger partial charge is 0.471 e. The van der Waals surface area contributed by atoms with Crippen molar-refractivity contribution in [3.8, 4) is 5.82 Å². The van der Waals surface area contributed by atoms with Crippen LogP contribution in [0.3, 0.4) is 0 Å². The number of halogens is 4. The van der Waals surface area contributed by atoms with E-state index in [1.165, 1.54) is 0 Å². The molecule has 11 heteroatoms. The van der Waals surface area contributed by atoms with E-state index >= 15 is 0 Å². The Labute approximate surface area is 198 Å². The Kier molecular flexibility index (Phi) is 5.73. The van der Waals surface area contributed by atoms with E-state index in [0.29, 0.717) is 36.8 Å². The number of aromatic nitrogens is 2. The number of piperazine rings is 1. The lowest BCUT2D eigenvalue weighted by Gasteiger charge is -2.48. The summed E-state index contributed by atoms with van der Waals surface area (Å²) in [4.78, 5) is 33.3. The maximum absolute atomic E-state index is 13.0. The molecule has 178 valence electrons. The number of likely N-dealkylation sites (tertiary alicyclic amines) is 1. The van der Waals surface area contributed by atoms with Crippen molar-refractivity contribution in [3.05, 3.63) is 59.4 Å². The van der Waals surface area contributed by atoms with Gasteiger partial charge in [-0.1, -0.05) is 11.6 Å². The summed E-state index contributed by atoms with van der Waals surface area (Å²) in [7, 11) is 0. The van der Waals surface area contributed by atoms with E-state index < -0.39 is 12.1 Å². The van der Waals surface area contributed by atoms with Crippen LogP contribution in [0.25, 0.3) is 16.7 Å². The molecule has 2 aliphatic rings. The predicted molar refractivity (Wildman–Crippen MR) is 120 cm³/mol. The Balaban J connectivity index is 1.19. The van der Waals surface area contributed by atoms with Crippen molar-refractivity contribution in [2.24, 2.45) is 0 Å². The van der Waals surface area contributed by atoms with Crippen LogP contribution in [-0.2, 0) is 4.79 Å². The van der Waals surface area contributed by atoms with Crippen LogP contribution in [0.1, 0.15) is 10.4 Å². The molecule has 0 N–H and O–H groups in total. The normalized spacial score (nSPS) is 17.8. The minimum Gasteiger partial charge on any atom is -0.335 e. The second-order valence-corrected chi connectivity index (χ2v) is 8.92. The molecule has 1 aromatic carbocycles. The van der Waals surface area contributed by atoms with Crippen molar-refractivity contribution in [1.82, 2.24) is 24.3 Å². The second kappa shape index (κ2) is 8.59. The summed E-state index contributed by atoms with van der Waals surface area (Å²) < 4.78 is 39.7. The zero-order valence-corrected chi connectivity index (χ0v) is 18.8. The van der Waals surface area contributed by atoms with Gasteiger partial charge in [-0.25, -0.2) is 4.98 Å². The molecule has 34 heavy (non-hydrogen) atoms. The Bertz CT molecular complexity index is 1230. The first-order chi connectivity index (χ1) is 16.2. The van der Waals surface area contributed by atoms with Gasteiger partial charge in [-0.15, -0.1) is 0 Å². The van der Waals surface area contributed by atoms with E-state index in [0.717, 1.165) is 21.6 Å². The number of hydrogen-bond donors (Lipinski definition) is 0. The van der Waals surface area contributed by atoms with Crippen molar-refractivity contribution >= 4 is 34.3 Å². The van der Waals surface area contributed by atoms with E-state index in [1.54, 1.807) is 23.2 Å². The van der Waals surface area contributed by atoms with E-state index in [-0.39, 0.29) is 25.0 Å².